The Hall–Kier alpha value is -10.8. The molecule has 0 radical (unpaired) electrons. The summed E-state index contributed by atoms with van der Waals surface area (Å²) < 4.78 is 18.6. The number of hydrogen-bond donors (Lipinski definition) is 2. The molecule has 0 fully saturated rings. The number of nitrogens with zero attached hydrogens (tertiary/aromatic N) is 12. The lowest BCUT2D eigenvalue weighted by molar-refractivity contribution is -0.872. The van der Waals surface area contributed by atoms with E-state index in [9.17, 15) is 0 Å². The monoisotopic (exact) mass is 1320 g/mol. The molecular weight excluding hydrogens is 1260 g/mol. The molecule has 4 aromatic carbocycles. The molecule has 6 aliphatic heterocycles. The summed E-state index contributed by atoms with van der Waals surface area (Å²) >= 11 is 7.14. The minimum atomic E-state index is 0. The molecule has 14 aromatic heterocycles. The van der Waals surface area contributed by atoms with Gasteiger partial charge in [0.25, 0.3) is 44.1 Å². The van der Waals surface area contributed by atoms with Crippen molar-refractivity contribution in [2.75, 3.05) is 0 Å². The molecule has 0 saturated carbocycles. The van der Waals surface area contributed by atoms with E-state index >= 15 is 0 Å². The average Bonchev–Trinajstić information content (AvgIpc) is 1.57. The molecule has 96 heavy (non-hydrogen) atoms. The SMILES string of the molecule is C.C.C.C.c1cc2c3nc(-c4ccc(-c5nc6c7ccc[n+]8c7c7c(ccc[n+]7C8)c6[nH]5)s4)[nH]c3c3ccc[n+]4c3c2[n+](c1)C4.c1csc(-c2ccc(C3=Nc4c(c5ccc[n+]6c5c5c4ccc[n+]5C6)C3)s2)c1.c1csc(C2=Nc3c(c4ccc[n+]5c4c4c3ccc[n+]4C5)C2)c1. The zero-order valence-corrected chi connectivity index (χ0v) is 52.1. The Morgan fingerprint density at radius 2 is 0.625 bits per heavy atom. The first-order valence-corrected chi connectivity index (χ1v) is 34.3. The van der Waals surface area contributed by atoms with E-state index in [2.05, 4.69) is 252 Å². The van der Waals surface area contributed by atoms with Crippen molar-refractivity contribution in [3.05, 3.63) is 227 Å². The fourth-order valence-electron chi connectivity index (χ4n) is 15.8. The topological polar surface area (TPSA) is 113 Å². The van der Waals surface area contributed by atoms with E-state index in [4.69, 9.17) is 20.0 Å². The van der Waals surface area contributed by atoms with Gasteiger partial charge in [0.1, 0.15) is 22.7 Å². The highest BCUT2D eigenvalue weighted by Crippen LogP contribution is 2.45. The van der Waals surface area contributed by atoms with E-state index in [1.54, 1.807) is 34.0 Å². The number of aliphatic imine (C=N–C) groups is 2. The normalized spacial score (nSPS) is 13.6. The van der Waals surface area contributed by atoms with Crippen LogP contribution in [-0.2, 0) is 39.5 Å². The molecule has 0 spiro atoms. The van der Waals surface area contributed by atoms with E-state index in [1.807, 2.05) is 11.3 Å². The summed E-state index contributed by atoms with van der Waals surface area (Å²) in [4.78, 5) is 35.3. The van der Waals surface area contributed by atoms with E-state index in [-0.39, 0.29) is 29.7 Å². The molecule has 0 atom stereocenters. The number of benzene rings is 4. The van der Waals surface area contributed by atoms with E-state index in [0.717, 1.165) is 88.7 Å². The minimum Gasteiger partial charge on any atom is -0.337 e. The highest BCUT2D eigenvalue weighted by molar-refractivity contribution is 7.22. The zero-order chi connectivity index (χ0) is 59.6. The number of aromatic amines is 2. The Bertz CT molecular complexity index is 6130. The molecule has 0 unspecified atom stereocenters. The van der Waals surface area contributed by atoms with Crippen molar-refractivity contribution >= 4 is 177 Å². The van der Waals surface area contributed by atoms with Gasteiger partial charge in [0.05, 0.1) is 86.7 Å². The molecular formula is C78H64N14S4+8. The minimum absolute atomic E-state index is 0. The van der Waals surface area contributed by atoms with Crippen LogP contribution in [0, 0.1) is 0 Å². The fraction of sp³-hybridized carbons (Fsp3) is 0.128. The summed E-state index contributed by atoms with van der Waals surface area (Å²) in [5.74, 6) is 1.78. The predicted octanol–water partition coefficient (Wildman–Crippen LogP) is 14.8. The van der Waals surface area contributed by atoms with Gasteiger partial charge in [-0.2, -0.15) is 0 Å². The van der Waals surface area contributed by atoms with Crippen LogP contribution in [0.3, 0.4) is 0 Å². The van der Waals surface area contributed by atoms with Crippen molar-refractivity contribution in [1.29, 1.82) is 0 Å². The van der Waals surface area contributed by atoms with Crippen LogP contribution in [0.4, 0.5) is 11.4 Å². The summed E-state index contributed by atoms with van der Waals surface area (Å²) in [5.41, 5.74) is 22.0. The summed E-state index contributed by atoms with van der Waals surface area (Å²) in [6.45, 7) is 3.45. The van der Waals surface area contributed by atoms with Crippen LogP contribution in [-0.4, -0.2) is 31.4 Å². The molecule has 14 nitrogen and oxygen atoms in total. The average molecular weight is 1330 g/mol. The van der Waals surface area contributed by atoms with Gasteiger partial charge in [0.15, 0.2) is 49.6 Å². The smallest absolute Gasteiger partial charge is 0.337 e. The summed E-state index contributed by atoms with van der Waals surface area (Å²) in [7, 11) is 0. The van der Waals surface area contributed by atoms with Gasteiger partial charge in [0, 0.05) is 80.9 Å². The van der Waals surface area contributed by atoms with Crippen LogP contribution in [0.1, 0.15) is 50.6 Å². The zero-order valence-electron chi connectivity index (χ0n) is 48.9. The quantitative estimate of drug-likeness (QED) is 0.132. The van der Waals surface area contributed by atoms with Gasteiger partial charge in [-0.1, -0.05) is 41.8 Å². The molecule has 6 aliphatic rings. The molecule has 0 amide bonds. The number of aromatic nitrogens is 12. The Morgan fingerprint density at radius 1 is 0.302 bits per heavy atom. The van der Waals surface area contributed by atoms with Crippen LogP contribution in [0.2, 0.25) is 0 Å². The number of pyridine rings is 8. The van der Waals surface area contributed by atoms with E-state index in [0.29, 0.717) is 0 Å². The maximum Gasteiger partial charge on any atom is 0.345 e. The van der Waals surface area contributed by atoms with Gasteiger partial charge in [-0.25, -0.2) is 9.97 Å². The summed E-state index contributed by atoms with van der Waals surface area (Å²) in [6, 6.07) is 52.2. The molecule has 0 bridgehead atoms. The third-order valence-corrected chi connectivity index (χ3v) is 23.8. The number of imidazole rings is 2. The van der Waals surface area contributed by atoms with Crippen molar-refractivity contribution < 1.29 is 36.5 Å². The number of thiophene rings is 4. The number of hydrogen-bond acceptors (Lipinski definition) is 8. The number of rotatable bonds is 5. The predicted molar refractivity (Wildman–Crippen MR) is 389 cm³/mol. The van der Waals surface area contributed by atoms with Crippen LogP contribution < -0.4 is 36.5 Å². The summed E-state index contributed by atoms with van der Waals surface area (Å²) in [6.07, 6.45) is 19.2. The highest BCUT2D eigenvalue weighted by atomic mass is 32.1. The van der Waals surface area contributed by atoms with Crippen molar-refractivity contribution in [2.24, 2.45) is 9.98 Å². The van der Waals surface area contributed by atoms with Crippen LogP contribution >= 0.6 is 45.3 Å². The van der Waals surface area contributed by atoms with Crippen LogP contribution in [0.5, 0.6) is 0 Å². The summed E-state index contributed by atoms with van der Waals surface area (Å²) in [5, 5.41) is 14.3. The third-order valence-electron chi connectivity index (χ3n) is 19.6. The molecule has 20 heterocycles. The Kier molecular flexibility index (Phi) is 12.9. The van der Waals surface area contributed by atoms with E-state index in [1.165, 1.54) is 135 Å². The van der Waals surface area contributed by atoms with Gasteiger partial charge < -0.3 is 9.97 Å². The van der Waals surface area contributed by atoms with Crippen molar-refractivity contribution in [3.63, 3.8) is 0 Å². The lowest BCUT2D eigenvalue weighted by atomic mass is 9.99. The van der Waals surface area contributed by atoms with Crippen LogP contribution in [0.15, 0.2) is 216 Å². The standard InChI is InChI=1S/C32H18N8S.C23H15N3S2.C19H13N3S.4CH4/c1-5-17-23-24(18-6-2-12-38-15-37(11-1)27(17)28(18)38)34-31(33-23)21-9-10-22(41-21)32-35-25-19-7-3-13-39-16-40-14-4-8-20(26(25)36-32)30(40)29(19)39;1-4-14-16-12-17(18-7-8-20(28-18)19-6-3-11-27-19)24-21(16)15-5-2-10-26-13-25(9-1)22(14)23(15)26;1-4-12-14-10-15(16-6-3-9-23-16)20-17(14)13-5-2-8-22-11-21(7-1)18(12)19(13)22;;;;/h1-14H,15-16H2;1-11H,12-13H2;1-9H,10-11H2;4*1H4/q3*+2;;;;/p+2. The van der Waals surface area contributed by atoms with Gasteiger partial charge in [-0.15, -0.1) is 81.9 Å². The molecule has 0 aliphatic carbocycles. The Labute approximate surface area is 567 Å². The van der Waals surface area contributed by atoms with Gasteiger partial charge in [-0.3, -0.25) is 9.98 Å². The molecule has 18 aromatic rings. The maximum absolute atomic E-state index is 5.17. The second-order valence-electron chi connectivity index (χ2n) is 24.5. The lowest BCUT2D eigenvalue weighted by Gasteiger charge is -2.01. The molecule has 18 heteroatoms. The maximum atomic E-state index is 5.17. The number of nitrogens with one attached hydrogen (secondary N) is 2. The van der Waals surface area contributed by atoms with Gasteiger partial charge in [-0.05, 0) is 107 Å². The van der Waals surface area contributed by atoms with Crippen molar-refractivity contribution in [3.8, 4) is 31.2 Å². The number of H-pyrrole nitrogens is 2. The first-order valence-electron chi connectivity index (χ1n) is 30.9. The van der Waals surface area contributed by atoms with Crippen LogP contribution in [0.25, 0.3) is 140 Å². The first-order chi connectivity index (χ1) is 45.6. The Morgan fingerprint density at radius 3 is 1.04 bits per heavy atom. The van der Waals surface area contributed by atoms with E-state index < -0.39 is 0 Å². The van der Waals surface area contributed by atoms with Crippen molar-refractivity contribution in [1.82, 2.24) is 19.9 Å². The lowest BCUT2D eigenvalue weighted by Crippen LogP contribution is -2.45. The highest BCUT2D eigenvalue weighted by Gasteiger charge is 2.40. The van der Waals surface area contributed by atoms with Gasteiger partial charge >= 0.3 is 26.7 Å². The fourth-order valence-corrected chi connectivity index (χ4v) is 19.2. The van der Waals surface area contributed by atoms with Gasteiger partial charge in [0.2, 0.25) is 0 Å². The largest absolute Gasteiger partial charge is 0.345 e. The molecule has 0 saturated heterocycles. The molecule has 2 N–H and O–H groups in total. The third kappa shape index (κ3) is 8.00. The number of fused-ring (bicyclic) bond motifs is 12. The Balaban J connectivity index is 0.000000108. The van der Waals surface area contributed by atoms with Crippen molar-refractivity contribution in [2.45, 2.75) is 69.2 Å². The first kappa shape index (κ1) is 57.9. The second-order valence-corrected chi connectivity index (χ2v) is 28.6. The molecule has 462 valence electrons. The second kappa shape index (κ2) is 21.4. The molecule has 24 rings (SSSR count).